The molecule has 0 aliphatic carbocycles. The Labute approximate surface area is 266 Å². The summed E-state index contributed by atoms with van der Waals surface area (Å²) in [6.07, 6.45) is 1.60. The third kappa shape index (κ3) is 8.06. The Balaban J connectivity index is 1.33. The number of amides is 2. The molecule has 45 heavy (non-hydrogen) atoms. The van der Waals surface area contributed by atoms with Crippen LogP contribution >= 0.6 is 0 Å². The molecule has 3 N–H and O–H groups in total. The second kappa shape index (κ2) is 13.4. The highest BCUT2D eigenvalue weighted by molar-refractivity contribution is 5.87. The molecule has 5 nitrogen and oxygen atoms in total. The van der Waals surface area contributed by atoms with Crippen molar-refractivity contribution in [1.82, 2.24) is 16.0 Å². The zero-order valence-corrected chi connectivity index (χ0v) is 26.9. The van der Waals surface area contributed by atoms with Crippen LogP contribution in [0.4, 0.5) is 4.39 Å². The maximum absolute atomic E-state index is 15.1. The van der Waals surface area contributed by atoms with Gasteiger partial charge in [-0.2, -0.15) is 0 Å². The molecule has 6 heteroatoms. The largest absolute Gasteiger partial charge is 0.354 e. The minimum Gasteiger partial charge on any atom is -0.354 e. The summed E-state index contributed by atoms with van der Waals surface area (Å²) < 4.78 is 15.1. The fourth-order valence-corrected chi connectivity index (χ4v) is 6.79. The van der Waals surface area contributed by atoms with Gasteiger partial charge in [-0.15, -0.1) is 0 Å². The Morgan fingerprint density at radius 3 is 1.87 bits per heavy atom. The Morgan fingerprint density at radius 1 is 0.756 bits per heavy atom. The maximum atomic E-state index is 15.1. The molecule has 2 atom stereocenters. The van der Waals surface area contributed by atoms with Crippen LogP contribution < -0.4 is 16.0 Å². The fourth-order valence-electron chi connectivity index (χ4n) is 6.79. The van der Waals surface area contributed by atoms with Crippen molar-refractivity contribution in [3.8, 4) is 22.3 Å². The van der Waals surface area contributed by atoms with E-state index in [1.807, 2.05) is 72.8 Å². The molecule has 0 saturated carbocycles. The van der Waals surface area contributed by atoms with Crippen molar-refractivity contribution in [3.05, 3.63) is 120 Å². The number of benzene rings is 4. The SMILES string of the molecule is C[C@H](C(=O)NC[C@@H](C(=O)NC1CC(C)(C)NC(C)(C)C1)c1ccc(-c2ccccc2)cc1)c1ccc(-c2ccccc2)c(F)c1. The topological polar surface area (TPSA) is 70.2 Å². The van der Waals surface area contributed by atoms with Gasteiger partial charge in [-0.05, 0) is 81.3 Å². The number of carbonyl (C=O) groups is 2. The van der Waals surface area contributed by atoms with Gasteiger partial charge in [0.25, 0.3) is 0 Å². The Morgan fingerprint density at radius 2 is 1.29 bits per heavy atom. The number of rotatable bonds is 9. The molecule has 0 unspecified atom stereocenters. The second-order valence-electron chi connectivity index (χ2n) is 13.6. The molecule has 234 valence electrons. The van der Waals surface area contributed by atoms with E-state index in [1.165, 1.54) is 6.07 Å². The van der Waals surface area contributed by atoms with Gasteiger partial charge in [0.15, 0.2) is 0 Å². The number of hydrogen-bond donors (Lipinski definition) is 3. The van der Waals surface area contributed by atoms with Crippen molar-refractivity contribution >= 4 is 11.8 Å². The van der Waals surface area contributed by atoms with E-state index in [9.17, 15) is 9.59 Å². The molecule has 0 spiro atoms. The zero-order valence-electron chi connectivity index (χ0n) is 26.9. The van der Waals surface area contributed by atoms with E-state index in [-0.39, 0.29) is 41.3 Å². The van der Waals surface area contributed by atoms with Crippen molar-refractivity contribution in [1.29, 1.82) is 0 Å². The van der Waals surface area contributed by atoms with E-state index in [1.54, 1.807) is 19.1 Å². The number of carbonyl (C=O) groups excluding carboxylic acids is 2. The third-order valence-corrected chi connectivity index (χ3v) is 8.72. The van der Waals surface area contributed by atoms with Crippen molar-refractivity contribution < 1.29 is 14.0 Å². The van der Waals surface area contributed by atoms with Crippen LogP contribution in [0.1, 0.15) is 70.4 Å². The highest BCUT2D eigenvalue weighted by Crippen LogP contribution is 2.30. The van der Waals surface area contributed by atoms with E-state index in [2.05, 4.69) is 55.8 Å². The van der Waals surface area contributed by atoms with E-state index < -0.39 is 11.8 Å². The Kier molecular flexibility index (Phi) is 9.54. The molecule has 4 aromatic carbocycles. The van der Waals surface area contributed by atoms with Crippen molar-refractivity contribution in [2.75, 3.05) is 6.54 Å². The summed E-state index contributed by atoms with van der Waals surface area (Å²) in [5, 5.41) is 9.98. The number of nitrogens with one attached hydrogen (secondary N) is 3. The molecule has 1 fully saturated rings. The molecule has 2 amide bonds. The minimum atomic E-state index is -0.598. The van der Waals surface area contributed by atoms with E-state index in [4.69, 9.17) is 0 Å². The summed E-state index contributed by atoms with van der Waals surface area (Å²) in [6, 6.07) is 32.3. The lowest BCUT2D eigenvalue weighted by molar-refractivity contribution is -0.124. The first-order valence-electron chi connectivity index (χ1n) is 15.8. The van der Waals surface area contributed by atoms with E-state index >= 15 is 4.39 Å². The van der Waals surface area contributed by atoms with Crippen LogP contribution in [-0.4, -0.2) is 35.5 Å². The molecule has 1 aliphatic heterocycles. The summed E-state index contributed by atoms with van der Waals surface area (Å²) in [6.45, 7) is 10.5. The Bertz CT molecular complexity index is 1600. The quantitative estimate of drug-likeness (QED) is 0.184. The maximum Gasteiger partial charge on any atom is 0.229 e. The van der Waals surface area contributed by atoms with Crippen LogP contribution in [0.2, 0.25) is 0 Å². The summed E-state index contributed by atoms with van der Waals surface area (Å²) in [5.74, 6) is -1.94. The lowest BCUT2D eigenvalue weighted by Crippen LogP contribution is -2.62. The van der Waals surface area contributed by atoms with Crippen LogP contribution in [0.5, 0.6) is 0 Å². The zero-order chi connectivity index (χ0) is 32.2. The lowest BCUT2D eigenvalue weighted by atomic mass is 9.79. The van der Waals surface area contributed by atoms with Crippen molar-refractivity contribution in [2.45, 2.75) is 76.4 Å². The average molecular weight is 606 g/mol. The van der Waals surface area contributed by atoms with Gasteiger partial charge in [-0.1, -0.05) is 97.1 Å². The summed E-state index contributed by atoms with van der Waals surface area (Å²) in [4.78, 5) is 27.3. The molecule has 0 aromatic heterocycles. The molecular weight excluding hydrogens is 561 g/mol. The predicted molar refractivity (Wildman–Crippen MR) is 180 cm³/mol. The second-order valence-corrected chi connectivity index (χ2v) is 13.6. The van der Waals surface area contributed by atoms with Crippen LogP contribution in [0.25, 0.3) is 22.3 Å². The molecule has 0 radical (unpaired) electrons. The first-order valence-corrected chi connectivity index (χ1v) is 15.8. The van der Waals surface area contributed by atoms with E-state index in [0.29, 0.717) is 11.1 Å². The highest BCUT2D eigenvalue weighted by atomic mass is 19.1. The van der Waals surface area contributed by atoms with E-state index in [0.717, 1.165) is 35.1 Å². The fraction of sp³-hybridized carbons (Fsp3) is 0.333. The average Bonchev–Trinajstić information content (AvgIpc) is 3.00. The minimum absolute atomic E-state index is 0.00410. The van der Waals surface area contributed by atoms with Crippen molar-refractivity contribution in [2.24, 2.45) is 0 Å². The van der Waals surface area contributed by atoms with Crippen LogP contribution in [0.3, 0.4) is 0 Å². The molecule has 4 aromatic rings. The number of halogens is 1. The molecule has 0 bridgehead atoms. The predicted octanol–water partition coefficient (Wildman–Crippen LogP) is 7.59. The molecule has 1 saturated heterocycles. The summed E-state index contributed by atoms with van der Waals surface area (Å²) in [7, 11) is 0. The van der Waals surface area contributed by atoms with Gasteiger partial charge in [-0.3, -0.25) is 9.59 Å². The summed E-state index contributed by atoms with van der Waals surface area (Å²) >= 11 is 0. The smallest absolute Gasteiger partial charge is 0.229 e. The summed E-state index contributed by atoms with van der Waals surface area (Å²) in [5.41, 5.74) is 4.58. The number of hydrogen-bond acceptors (Lipinski definition) is 3. The van der Waals surface area contributed by atoms with Gasteiger partial charge in [0.1, 0.15) is 5.82 Å². The molecule has 1 aliphatic rings. The normalized spacial score (nSPS) is 17.2. The Hall–Kier alpha value is -4.29. The number of piperidine rings is 1. The van der Waals surface area contributed by atoms with Gasteiger partial charge >= 0.3 is 0 Å². The molecule has 1 heterocycles. The monoisotopic (exact) mass is 605 g/mol. The van der Waals surface area contributed by atoms with Crippen LogP contribution in [0.15, 0.2) is 103 Å². The standard InChI is InChI=1S/C39H44FN3O2/c1-26(31-20-21-33(35(40)22-31)29-14-10-7-11-15-29)36(44)41-25-34(30-18-16-28(17-19-30)27-12-8-6-9-13-27)37(45)42-32-23-38(2,3)43-39(4,5)24-32/h6-22,26,32,34,43H,23-25H2,1-5H3,(H,41,44)(H,42,45)/t26-,34+/m0/s1. The van der Waals surface area contributed by atoms with Crippen molar-refractivity contribution in [3.63, 3.8) is 0 Å². The van der Waals surface area contributed by atoms with Gasteiger partial charge in [0, 0.05) is 29.2 Å². The third-order valence-electron chi connectivity index (χ3n) is 8.72. The van der Waals surface area contributed by atoms with Gasteiger partial charge in [0.05, 0.1) is 11.8 Å². The molecular formula is C39H44FN3O2. The van der Waals surface area contributed by atoms with Crippen LogP contribution in [-0.2, 0) is 9.59 Å². The van der Waals surface area contributed by atoms with Crippen LogP contribution in [0, 0.1) is 5.82 Å². The first kappa shape index (κ1) is 32.1. The highest BCUT2D eigenvalue weighted by Gasteiger charge is 2.39. The van der Waals surface area contributed by atoms with Gasteiger partial charge in [-0.25, -0.2) is 4.39 Å². The molecule has 5 rings (SSSR count). The first-order chi connectivity index (χ1) is 21.4. The lowest BCUT2D eigenvalue weighted by Gasteiger charge is -2.46. The van der Waals surface area contributed by atoms with Gasteiger partial charge in [0.2, 0.25) is 11.8 Å². The van der Waals surface area contributed by atoms with Gasteiger partial charge < -0.3 is 16.0 Å².